The average Bonchev–Trinajstić information content (AvgIpc) is 2.17. The Bertz CT molecular complexity index is 319. The molecule has 0 aliphatic heterocycles. The molecule has 4 N–H and O–H groups in total. The van der Waals surface area contributed by atoms with Crippen molar-refractivity contribution in [1.82, 2.24) is 4.57 Å². The van der Waals surface area contributed by atoms with Gasteiger partial charge in [0.1, 0.15) is 0 Å². The minimum atomic E-state index is 0.00523. The van der Waals surface area contributed by atoms with Crippen molar-refractivity contribution in [2.75, 3.05) is 6.54 Å². The second-order valence-electron chi connectivity index (χ2n) is 2.92. The number of rotatable bonds is 4. The topological polar surface area (TPSA) is 74.0 Å². The van der Waals surface area contributed by atoms with Crippen LogP contribution in [-0.4, -0.2) is 11.1 Å². The van der Waals surface area contributed by atoms with E-state index in [1.165, 1.54) is 0 Å². The van der Waals surface area contributed by atoms with Gasteiger partial charge in [-0.2, -0.15) is 0 Å². The number of hydrogen-bond acceptors (Lipinski definition) is 3. The van der Waals surface area contributed by atoms with Gasteiger partial charge < -0.3 is 16.0 Å². The van der Waals surface area contributed by atoms with Crippen molar-refractivity contribution in [2.24, 2.45) is 11.5 Å². The predicted molar refractivity (Wildman–Crippen MR) is 52.3 cm³/mol. The van der Waals surface area contributed by atoms with E-state index in [9.17, 15) is 4.79 Å². The van der Waals surface area contributed by atoms with Crippen molar-refractivity contribution in [3.63, 3.8) is 0 Å². The molecule has 0 fully saturated rings. The molecule has 0 saturated heterocycles. The van der Waals surface area contributed by atoms with Crippen LogP contribution in [0.3, 0.4) is 0 Å². The lowest BCUT2D eigenvalue weighted by atomic mass is 10.3. The summed E-state index contributed by atoms with van der Waals surface area (Å²) < 4.78 is 1.65. The normalized spacial score (nSPS) is 10.3. The van der Waals surface area contributed by atoms with E-state index in [4.69, 9.17) is 11.5 Å². The lowest BCUT2D eigenvalue weighted by molar-refractivity contribution is 0.625. The van der Waals surface area contributed by atoms with Gasteiger partial charge in [0.05, 0.1) is 0 Å². The summed E-state index contributed by atoms with van der Waals surface area (Å²) in [6, 6.07) is 3.29. The molecule has 4 nitrogen and oxygen atoms in total. The van der Waals surface area contributed by atoms with E-state index in [1.54, 1.807) is 22.9 Å². The summed E-state index contributed by atoms with van der Waals surface area (Å²) in [5, 5.41) is 0. The smallest absolute Gasteiger partial charge is 0.250 e. The summed E-state index contributed by atoms with van der Waals surface area (Å²) in [6.45, 7) is 1.73. The van der Waals surface area contributed by atoms with Gasteiger partial charge in [0, 0.05) is 25.4 Å². The monoisotopic (exact) mass is 181 g/mol. The van der Waals surface area contributed by atoms with Crippen LogP contribution in [0.1, 0.15) is 12.0 Å². The Kier molecular flexibility index (Phi) is 3.67. The Labute approximate surface area is 77.2 Å². The fourth-order valence-electron chi connectivity index (χ4n) is 1.14. The Morgan fingerprint density at radius 1 is 1.31 bits per heavy atom. The first-order valence-electron chi connectivity index (χ1n) is 4.37. The van der Waals surface area contributed by atoms with Gasteiger partial charge in [-0.25, -0.2) is 0 Å². The van der Waals surface area contributed by atoms with Gasteiger partial charge in [-0.05, 0) is 18.5 Å². The minimum absolute atomic E-state index is 0.00523. The third-order valence-corrected chi connectivity index (χ3v) is 1.88. The van der Waals surface area contributed by atoms with Crippen LogP contribution in [-0.2, 0) is 13.1 Å². The zero-order chi connectivity index (χ0) is 9.68. The largest absolute Gasteiger partial charge is 0.330 e. The predicted octanol–water partition coefficient (Wildman–Crippen LogP) is -0.344. The number of aromatic nitrogens is 1. The van der Waals surface area contributed by atoms with E-state index in [2.05, 4.69) is 0 Å². The molecule has 0 atom stereocenters. The summed E-state index contributed by atoms with van der Waals surface area (Å²) in [4.78, 5) is 11.3. The number of aryl methyl sites for hydroxylation is 1. The van der Waals surface area contributed by atoms with Crippen LogP contribution in [0.25, 0.3) is 0 Å². The number of nitrogens with two attached hydrogens (primary N) is 2. The van der Waals surface area contributed by atoms with Gasteiger partial charge >= 0.3 is 0 Å². The molecular weight excluding hydrogens is 166 g/mol. The molecule has 0 saturated carbocycles. The van der Waals surface area contributed by atoms with Crippen LogP contribution in [0, 0.1) is 0 Å². The maximum absolute atomic E-state index is 11.3. The standard InChI is InChI=1S/C9H15N3O/c10-4-1-5-12-7-8(6-11)2-3-9(12)13/h2-3,7H,1,4-6,10-11H2. The number of nitrogens with zero attached hydrogens (tertiary/aromatic N) is 1. The van der Waals surface area contributed by atoms with Crippen LogP contribution in [0.5, 0.6) is 0 Å². The lowest BCUT2D eigenvalue weighted by Gasteiger charge is -2.05. The minimum Gasteiger partial charge on any atom is -0.330 e. The van der Waals surface area contributed by atoms with Crippen LogP contribution >= 0.6 is 0 Å². The number of pyridine rings is 1. The van der Waals surface area contributed by atoms with E-state index in [1.807, 2.05) is 0 Å². The summed E-state index contributed by atoms with van der Waals surface area (Å²) in [7, 11) is 0. The van der Waals surface area contributed by atoms with Gasteiger partial charge in [-0.1, -0.05) is 6.07 Å². The summed E-state index contributed by atoms with van der Waals surface area (Å²) in [5.74, 6) is 0. The number of hydrogen-bond donors (Lipinski definition) is 2. The first-order chi connectivity index (χ1) is 6.27. The summed E-state index contributed by atoms with van der Waals surface area (Å²) in [6.07, 6.45) is 2.60. The summed E-state index contributed by atoms with van der Waals surface area (Å²) >= 11 is 0. The van der Waals surface area contributed by atoms with Gasteiger partial charge in [0.15, 0.2) is 0 Å². The molecule has 0 aliphatic carbocycles. The zero-order valence-corrected chi connectivity index (χ0v) is 7.57. The van der Waals surface area contributed by atoms with Crippen molar-refractivity contribution >= 4 is 0 Å². The molecule has 1 aromatic heterocycles. The quantitative estimate of drug-likeness (QED) is 0.667. The van der Waals surface area contributed by atoms with Crippen LogP contribution in [0.4, 0.5) is 0 Å². The fourth-order valence-corrected chi connectivity index (χ4v) is 1.14. The molecule has 13 heavy (non-hydrogen) atoms. The van der Waals surface area contributed by atoms with Crippen LogP contribution in [0.2, 0.25) is 0 Å². The van der Waals surface area contributed by atoms with Crippen LogP contribution < -0.4 is 17.0 Å². The van der Waals surface area contributed by atoms with E-state index >= 15 is 0 Å². The van der Waals surface area contributed by atoms with Gasteiger partial charge in [0.25, 0.3) is 5.56 Å². The highest BCUT2D eigenvalue weighted by atomic mass is 16.1. The second kappa shape index (κ2) is 4.79. The van der Waals surface area contributed by atoms with Crippen molar-refractivity contribution < 1.29 is 0 Å². The fraction of sp³-hybridized carbons (Fsp3) is 0.444. The van der Waals surface area contributed by atoms with Crippen molar-refractivity contribution in [3.8, 4) is 0 Å². The molecular formula is C9H15N3O. The van der Waals surface area contributed by atoms with Crippen molar-refractivity contribution in [3.05, 3.63) is 34.2 Å². The highest BCUT2D eigenvalue weighted by molar-refractivity contribution is 5.09. The molecule has 1 aromatic rings. The highest BCUT2D eigenvalue weighted by Crippen LogP contribution is 1.94. The zero-order valence-electron chi connectivity index (χ0n) is 7.57. The lowest BCUT2D eigenvalue weighted by Crippen LogP contribution is -2.21. The molecule has 0 bridgehead atoms. The highest BCUT2D eigenvalue weighted by Gasteiger charge is 1.96. The Morgan fingerprint density at radius 3 is 2.69 bits per heavy atom. The summed E-state index contributed by atoms with van der Waals surface area (Å²) in [5.41, 5.74) is 11.8. The Morgan fingerprint density at radius 2 is 2.08 bits per heavy atom. The van der Waals surface area contributed by atoms with Gasteiger partial charge in [-0.15, -0.1) is 0 Å². The van der Waals surface area contributed by atoms with Gasteiger partial charge in [-0.3, -0.25) is 4.79 Å². The van der Waals surface area contributed by atoms with Crippen LogP contribution in [0.15, 0.2) is 23.1 Å². The molecule has 0 aliphatic rings. The van der Waals surface area contributed by atoms with E-state index in [0.29, 0.717) is 19.6 Å². The average molecular weight is 181 g/mol. The molecule has 0 aromatic carbocycles. The molecule has 0 unspecified atom stereocenters. The molecule has 4 heteroatoms. The SMILES string of the molecule is NCCCn1cc(CN)ccc1=O. The Hall–Kier alpha value is -1.13. The maximum Gasteiger partial charge on any atom is 0.250 e. The first-order valence-corrected chi connectivity index (χ1v) is 4.37. The van der Waals surface area contributed by atoms with Gasteiger partial charge in [0.2, 0.25) is 0 Å². The second-order valence-corrected chi connectivity index (χ2v) is 2.92. The molecule has 0 spiro atoms. The Balaban J connectivity index is 2.84. The van der Waals surface area contributed by atoms with Crippen molar-refractivity contribution in [2.45, 2.75) is 19.5 Å². The van der Waals surface area contributed by atoms with E-state index < -0.39 is 0 Å². The molecule has 1 rings (SSSR count). The van der Waals surface area contributed by atoms with E-state index in [0.717, 1.165) is 12.0 Å². The maximum atomic E-state index is 11.3. The molecule has 0 radical (unpaired) electrons. The molecule has 72 valence electrons. The van der Waals surface area contributed by atoms with Crippen molar-refractivity contribution in [1.29, 1.82) is 0 Å². The third-order valence-electron chi connectivity index (χ3n) is 1.88. The molecule has 0 amide bonds. The third kappa shape index (κ3) is 2.68. The first kappa shape index (κ1) is 9.95. The molecule has 1 heterocycles. The van der Waals surface area contributed by atoms with E-state index in [-0.39, 0.29) is 5.56 Å².